The highest BCUT2D eigenvalue weighted by Gasteiger charge is 2.31. The number of hydrogen-bond donors (Lipinski definition) is 1. The zero-order chi connectivity index (χ0) is 22.6. The summed E-state index contributed by atoms with van der Waals surface area (Å²) >= 11 is 6.15. The maximum Gasteiger partial charge on any atom is 0.207 e. The number of nitrogens with two attached hydrogens (primary N) is 1. The van der Waals surface area contributed by atoms with Crippen molar-refractivity contribution in [3.05, 3.63) is 131 Å². The maximum atomic E-state index is 6.18. The third kappa shape index (κ3) is 4.82. The zero-order valence-corrected chi connectivity index (χ0v) is 18.9. The van der Waals surface area contributed by atoms with E-state index in [-0.39, 0.29) is 12.0 Å². The minimum absolute atomic E-state index is 0.190. The van der Waals surface area contributed by atoms with Crippen molar-refractivity contribution < 1.29 is 9.25 Å². The van der Waals surface area contributed by atoms with Gasteiger partial charge in [0.15, 0.2) is 0 Å². The van der Waals surface area contributed by atoms with Crippen molar-refractivity contribution in [1.29, 1.82) is 0 Å². The van der Waals surface area contributed by atoms with Gasteiger partial charge in [0.2, 0.25) is 5.88 Å². The first-order valence-corrected chi connectivity index (χ1v) is 11.4. The number of rotatable bonds is 7. The monoisotopic (exact) mass is 456 g/mol. The van der Waals surface area contributed by atoms with E-state index in [1.54, 1.807) is 0 Å². The van der Waals surface area contributed by atoms with Gasteiger partial charge in [-0.2, -0.15) is 0 Å². The molecule has 1 aromatic heterocycles. The lowest BCUT2D eigenvalue weighted by Crippen LogP contribution is -2.26. The van der Waals surface area contributed by atoms with Crippen LogP contribution in [0.3, 0.4) is 0 Å². The summed E-state index contributed by atoms with van der Waals surface area (Å²) in [6, 6.07) is 32.5. The Morgan fingerprint density at radius 3 is 2.21 bits per heavy atom. The lowest BCUT2D eigenvalue weighted by molar-refractivity contribution is -0.124. The Kier molecular flexibility index (Phi) is 6.20. The molecular formula is C28H25ClN2O2. The van der Waals surface area contributed by atoms with Crippen molar-refractivity contribution in [1.82, 2.24) is 5.06 Å². The molecule has 0 bridgehead atoms. The van der Waals surface area contributed by atoms with Gasteiger partial charge in [0.25, 0.3) is 0 Å². The molecule has 3 aromatic carbocycles. The molecule has 0 radical (unpaired) electrons. The lowest BCUT2D eigenvalue weighted by atomic mass is 9.88. The molecule has 1 atom stereocenters. The van der Waals surface area contributed by atoms with Gasteiger partial charge in [-0.3, -0.25) is 0 Å². The zero-order valence-electron chi connectivity index (χ0n) is 18.1. The summed E-state index contributed by atoms with van der Waals surface area (Å²) in [5, 5.41) is 2.57. The van der Waals surface area contributed by atoms with Crippen molar-refractivity contribution in [2.45, 2.75) is 18.4 Å². The Morgan fingerprint density at radius 2 is 1.55 bits per heavy atom. The number of hydrogen-bond acceptors (Lipinski definition) is 4. The summed E-state index contributed by atoms with van der Waals surface area (Å²) in [5.41, 5.74) is 9.55. The molecule has 1 unspecified atom stereocenters. The normalized spacial score (nSPS) is 16.1. The minimum atomic E-state index is -0.190. The van der Waals surface area contributed by atoms with Crippen LogP contribution < -0.4 is 5.73 Å². The van der Waals surface area contributed by atoms with Crippen molar-refractivity contribution in [2.75, 3.05) is 6.54 Å². The number of halogens is 1. The summed E-state index contributed by atoms with van der Waals surface area (Å²) < 4.78 is 6.18. The second kappa shape index (κ2) is 9.57. The molecule has 5 heteroatoms. The van der Waals surface area contributed by atoms with Crippen LogP contribution in [0.1, 0.15) is 35.3 Å². The molecule has 0 fully saturated rings. The van der Waals surface area contributed by atoms with E-state index in [0.29, 0.717) is 17.5 Å². The quantitative estimate of drug-likeness (QED) is 0.328. The van der Waals surface area contributed by atoms with E-state index < -0.39 is 0 Å². The average Bonchev–Trinajstić information content (AvgIpc) is 3.47. The van der Waals surface area contributed by atoms with Crippen molar-refractivity contribution >= 4 is 11.6 Å². The standard InChI is InChI=1S/C28H25ClN2O2/c29-23-13-7-12-22(18-23)26-14-15-27(32-26)25-19-28(30)33-31(25)17-16-24(20-8-3-1-4-9-20)21-10-5-2-6-11-21/h1-15,18-19,24-25H,16-17,30H2. The second-order valence-corrected chi connectivity index (χ2v) is 8.56. The van der Waals surface area contributed by atoms with E-state index in [4.69, 9.17) is 26.6 Å². The summed E-state index contributed by atoms with van der Waals surface area (Å²) in [6.07, 6.45) is 2.76. The molecule has 166 valence electrons. The molecule has 1 aliphatic heterocycles. The van der Waals surface area contributed by atoms with E-state index >= 15 is 0 Å². The van der Waals surface area contributed by atoms with Crippen LogP contribution in [0.25, 0.3) is 11.3 Å². The first kappa shape index (κ1) is 21.4. The van der Waals surface area contributed by atoms with Crippen LogP contribution in [-0.4, -0.2) is 11.6 Å². The van der Waals surface area contributed by atoms with Gasteiger partial charge in [-0.05, 0) is 41.8 Å². The molecule has 5 rings (SSSR count). The van der Waals surface area contributed by atoms with Gasteiger partial charge in [-0.25, -0.2) is 0 Å². The smallest absolute Gasteiger partial charge is 0.207 e. The van der Waals surface area contributed by atoms with Gasteiger partial charge < -0.3 is 15.0 Å². The third-order valence-electron chi connectivity index (χ3n) is 5.92. The third-order valence-corrected chi connectivity index (χ3v) is 6.16. The highest BCUT2D eigenvalue weighted by Crippen LogP contribution is 2.36. The molecule has 0 saturated heterocycles. The van der Waals surface area contributed by atoms with Gasteiger partial charge >= 0.3 is 0 Å². The number of benzene rings is 3. The molecule has 0 saturated carbocycles. The Hall–Kier alpha value is -3.47. The molecule has 0 spiro atoms. The number of hydroxylamine groups is 2. The summed E-state index contributed by atoms with van der Waals surface area (Å²) in [5.74, 6) is 2.17. The topological polar surface area (TPSA) is 51.6 Å². The predicted molar refractivity (Wildman–Crippen MR) is 131 cm³/mol. The molecule has 33 heavy (non-hydrogen) atoms. The molecule has 0 amide bonds. The Labute approximate surface area is 198 Å². The van der Waals surface area contributed by atoms with E-state index in [1.165, 1.54) is 11.1 Å². The predicted octanol–water partition coefficient (Wildman–Crippen LogP) is 6.91. The van der Waals surface area contributed by atoms with Crippen LogP contribution >= 0.6 is 11.6 Å². The van der Waals surface area contributed by atoms with Crippen LogP contribution in [0.15, 0.2) is 113 Å². The Bertz CT molecular complexity index is 1200. The van der Waals surface area contributed by atoms with Crippen LogP contribution in [0.5, 0.6) is 0 Å². The van der Waals surface area contributed by atoms with E-state index in [0.717, 1.165) is 23.5 Å². The summed E-state index contributed by atoms with van der Waals surface area (Å²) in [6.45, 7) is 0.684. The second-order valence-electron chi connectivity index (χ2n) is 8.12. The first-order valence-electron chi connectivity index (χ1n) is 11.0. The molecule has 2 N–H and O–H groups in total. The molecule has 4 aromatic rings. The van der Waals surface area contributed by atoms with Crippen molar-refractivity contribution in [2.24, 2.45) is 5.73 Å². The molecule has 0 aliphatic carbocycles. The molecular weight excluding hydrogens is 432 g/mol. The highest BCUT2D eigenvalue weighted by atomic mass is 35.5. The van der Waals surface area contributed by atoms with Crippen molar-refractivity contribution in [3.8, 4) is 11.3 Å². The van der Waals surface area contributed by atoms with Crippen LogP contribution in [0, 0.1) is 0 Å². The van der Waals surface area contributed by atoms with Crippen LogP contribution in [0.2, 0.25) is 5.02 Å². The molecule has 4 nitrogen and oxygen atoms in total. The van der Waals surface area contributed by atoms with Crippen molar-refractivity contribution in [3.63, 3.8) is 0 Å². The minimum Gasteiger partial charge on any atom is -0.459 e. The summed E-state index contributed by atoms with van der Waals surface area (Å²) in [7, 11) is 0. The van der Waals surface area contributed by atoms with Gasteiger partial charge in [-0.1, -0.05) is 84.4 Å². The van der Waals surface area contributed by atoms with Gasteiger partial charge in [0.1, 0.15) is 17.6 Å². The summed E-state index contributed by atoms with van der Waals surface area (Å²) in [4.78, 5) is 5.88. The van der Waals surface area contributed by atoms with E-state index in [9.17, 15) is 0 Å². The van der Waals surface area contributed by atoms with Gasteiger partial charge in [-0.15, -0.1) is 5.06 Å². The number of furan rings is 1. The average molecular weight is 457 g/mol. The fourth-order valence-electron chi connectivity index (χ4n) is 4.33. The Morgan fingerprint density at radius 1 is 0.848 bits per heavy atom. The Balaban J connectivity index is 1.36. The molecule has 1 aliphatic rings. The lowest BCUT2D eigenvalue weighted by Gasteiger charge is -2.25. The SMILES string of the molecule is NC1=CC(c2ccc(-c3cccc(Cl)c3)o2)N(CCC(c2ccccc2)c2ccccc2)O1. The largest absolute Gasteiger partial charge is 0.459 e. The maximum absolute atomic E-state index is 6.18. The fraction of sp³-hybridized carbons (Fsp3) is 0.143. The van der Waals surface area contributed by atoms with Crippen LogP contribution in [-0.2, 0) is 4.84 Å². The van der Waals surface area contributed by atoms with E-state index in [1.807, 2.05) is 59.7 Å². The van der Waals surface area contributed by atoms with E-state index in [2.05, 4.69) is 48.5 Å². The fourth-order valence-corrected chi connectivity index (χ4v) is 4.52. The molecule has 2 heterocycles. The van der Waals surface area contributed by atoms with Gasteiger partial charge in [0, 0.05) is 29.1 Å². The number of nitrogens with zero attached hydrogens (tertiary/aromatic N) is 1. The highest BCUT2D eigenvalue weighted by molar-refractivity contribution is 6.30. The van der Waals surface area contributed by atoms with Crippen LogP contribution in [0.4, 0.5) is 0 Å². The van der Waals surface area contributed by atoms with Gasteiger partial charge in [0.05, 0.1) is 0 Å². The first-order chi connectivity index (χ1) is 16.2.